The molecule has 1 N–H and O–H groups in total. The molecule has 0 bridgehead atoms. The minimum absolute atomic E-state index is 0.0442. The molecule has 92 valence electrons. The molecule has 0 radical (unpaired) electrons. The van der Waals surface area contributed by atoms with E-state index in [1.165, 1.54) is 4.90 Å². The van der Waals surface area contributed by atoms with Gasteiger partial charge in [0.25, 0.3) is 0 Å². The number of aryl methyl sites for hydroxylation is 1. The van der Waals surface area contributed by atoms with E-state index in [1.807, 2.05) is 0 Å². The standard InChI is InChI=1S/C10H15N5O2/c1-10(2)9(17)11-4-8(16)15(10)6-7-5-14(3)13-12-7/h5H,4,6H2,1-3H3,(H,11,17). The fourth-order valence-corrected chi connectivity index (χ4v) is 1.82. The van der Waals surface area contributed by atoms with E-state index >= 15 is 0 Å². The van der Waals surface area contributed by atoms with Gasteiger partial charge in [-0.1, -0.05) is 5.21 Å². The van der Waals surface area contributed by atoms with Crippen LogP contribution in [0.1, 0.15) is 19.5 Å². The molecule has 1 aromatic heterocycles. The van der Waals surface area contributed by atoms with Crippen LogP contribution < -0.4 is 5.32 Å². The van der Waals surface area contributed by atoms with Gasteiger partial charge in [-0.15, -0.1) is 5.10 Å². The zero-order valence-corrected chi connectivity index (χ0v) is 10.1. The van der Waals surface area contributed by atoms with Gasteiger partial charge in [0.2, 0.25) is 11.8 Å². The van der Waals surface area contributed by atoms with Crippen LogP contribution in [0.5, 0.6) is 0 Å². The van der Waals surface area contributed by atoms with Gasteiger partial charge < -0.3 is 10.2 Å². The number of carbonyl (C=O) groups excluding carboxylic acids is 2. The summed E-state index contributed by atoms with van der Waals surface area (Å²) in [6, 6.07) is 0. The summed E-state index contributed by atoms with van der Waals surface area (Å²) in [6.07, 6.45) is 1.73. The van der Waals surface area contributed by atoms with Gasteiger partial charge in [-0.05, 0) is 13.8 Å². The lowest BCUT2D eigenvalue weighted by Gasteiger charge is -2.40. The average molecular weight is 237 g/mol. The van der Waals surface area contributed by atoms with Gasteiger partial charge in [0, 0.05) is 13.2 Å². The van der Waals surface area contributed by atoms with E-state index in [0.29, 0.717) is 12.2 Å². The van der Waals surface area contributed by atoms with Gasteiger partial charge in [-0.3, -0.25) is 14.3 Å². The largest absolute Gasteiger partial charge is 0.345 e. The molecule has 2 rings (SSSR count). The smallest absolute Gasteiger partial charge is 0.245 e. The lowest BCUT2D eigenvalue weighted by atomic mass is 9.98. The van der Waals surface area contributed by atoms with E-state index in [9.17, 15) is 9.59 Å². The predicted molar refractivity (Wildman–Crippen MR) is 58.6 cm³/mol. The van der Waals surface area contributed by atoms with E-state index in [-0.39, 0.29) is 18.4 Å². The molecule has 1 fully saturated rings. The molecule has 7 heteroatoms. The second-order valence-electron chi connectivity index (χ2n) is 4.61. The molecule has 0 atom stereocenters. The van der Waals surface area contributed by atoms with E-state index < -0.39 is 5.54 Å². The fourth-order valence-electron chi connectivity index (χ4n) is 1.82. The highest BCUT2D eigenvalue weighted by Gasteiger charge is 2.41. The molecule has 0 aliphatic carbocycles. The van der Waals surface area contributed by atoms with E-state index in [4.69, 9.17) is 0 Å². The van der Waals surface area contributed by atoms with Crippen molar-refractivity contribution >= 4 is 11.8 Å². The first kappa shape index (κ1) is 11.6. The third-order valence-electron chi connectivity index (χ3n) is 2.90. The minimum atomic E-state index is -0.854. The van der Waals surface area contributed by atoms with Crippen LogP contribution in [0.2, 0.25) is 0 Å². The number of amides is 2. The van der Waals surface area contributed by atoms with Gasteiger partial charge in [0.1, 0.15) is 11.2 Å². The van der Waals surface area contributed by atoms with Gasteiger partial charge >= 0.3 is 0 Å². The second-order valence-corrected chi connectivity index (χ2v) is 4.61. The quantitative estimate of drug-likeness (QED) is 0.719. The number of nitrogens with one attached hydrogen (secondary N) is 1. The predicted octanol–water partition coefficient (Wildman–Crippen LogP) is -0.948. The average Bonchev–Trinajstić information content (AvgIpc) is 2.66. The summed E-state index contributed by atoms with van der Waals surface area (Å²) in [5.74, 6) is -0.263. The molecular formula is C10H15N5O2. The molecule has 1 saturated heterocycles. The van der Waals surface area contributed by atoms with Crippen LogP contribution in [0, 0.1) is 0 Å². The van der Waals surface area contributed by atoms with Crippen LogP contribution in [-0.4, -0.2) is 43.8 Å². The van der Waals surface area contributed by atoms with Gasteiger partial charge in [0.15, 0.2) is 0 Å². The maximum Gasteiger partial charge on any atom is 0.245 e. The van der Waals surface area contributed by atoms with Crippen molar-refractivity contribution in [3.8, 4) is 0 Å². The Hall–Kier alpha value is -1.92. The highest BCUT2D eigenvalue weighted by molar-refractivity contribution is 5.97. The molecule has 1 aromatic rings. The molecule has 0 unspecified atom stereocenters. The molecule has 2 heterocycles. The van der Waals surface area contributed by atoms with Crippen molar-refractivity contribution in [3.05, 3.63) is 11.9 Å². The maximum absolute atomic E-state index is 11.8. The van der Waals surface area contributed by atoms with Gasteiger partial charge in [-0.25, -0.2) is 0 Å². The zero-order chi connectivity index (χ0) is 12.6. The fraction of sp³-hybridized carbons (Fsp3) is 0.600. The molecule has 17 heavy (non-hydrogen) atoms. The van der Waals surface area contributed by atoms with Crippen molar-refractivity contribution < 1.29 is 9.59 Å². The summed E-state index contributed by atoms with van der Waals surface area (Å²) in [6.45, 7) is 3.78. The van der Waals surface area contributed by atoms with E-state index in [0.717, 1.165) is 0 Å². The molecule has 2 amide bonds. The molecule has 0 aromatic carbocycles. The molecule has 0 saturated carbocycles. The topological polar surface area (TPSA) is 80.1 Å². The Morgan fingerprint density at radius 1 is 1.47 bits per heavy atom. The van der Waals surface area contributed by atoms with Crippen molar-refractivity contribution in [3.63, 3.8) is 0 Å². The third-order valence-corrected chi connectivity index (χ3v) is 2.90. The normalized spacial score (nSPS) is 19.4. The number of carbonyl (C=O) groups is 2. The summed E-state index contributed by atoms with van der Waals surface area (Å²) in [4.78, 5) is 25.1. The van der Waals surface area contributed by atoms with Gasteiger partial charge in [-0.2, -0.15) is 0 Å². The Morgan fingerprint density at radius 2 is 2.18 bits per heavy atom. The van der Waals surface area contributed by atoms with Gasteiger partial charge in [0.05, 0.1) is 13.1 Å². The van der Waals surface area contributed by atoms with Crippen LogP contribution in [0.4, 0.5) is 0 Å². The Labute approximate surface area is 98.8 Å². The first-order valence-electron chi connectivity index (χ1n) is 5.35. The summed E-state index contributed by atoms with van der Waals surface area (Å²) < 4.78 is 1.57. The minimum Gasteiger partial charge on any atom is -0.345 e. The Morgan fingerprint density at radius 3 is 2.76 bits per heavy atom. The van der Waals surface area contributed by atoms with Crippen molar-refractivity contribution in [2.75, 3.05) is 6.54 Å². The highest BCUT2D eigenvalue weighted by Crippen LogP contribution is 2.20. The summed E-state index contributed by atoms with van der Waals surface area (Å²) >= 11 is 0. The number of hydrogen-bond acceptors (Lipinski definition) is 4. The van der Waals surface area contributed by atoms with Crippen molar-refractivity contribution in [2.45, 2.75) is 25.9 Å². The molecule has 7 nitrogen and oxygen atoms in total. The van der Waals surface area contributed by atoms with Crippen LogP contribution >= 0.6 is 0 Å². The Kier molecular flexibility index (Phi) is 2.60. The maximum atomic E-state index is 11.8. The third kappa shape index (κ3) is 2.00. The van der Waals surface area contributed by atoms with Crippen LogP contribution in [0.25, 0.3) is 0 Å². The monoisotopic (exact) mass is 237 g/mol. The van der Waals surface area contributed by atoms with Crippen molar-refractivity contribution in [1.82, 2.24) is 25.2 Å². The van der Waals surface area contributed by atoms with Crippen LogP contribution in [0.3, 0.4) is 0 Å². The first-order chi connectivity index (χ1) is 7.91. The highest BCUT2D eigenvalue weighted by atomic mass is 16.2. The number of aromatic nitrogens is 3. The van der Waals surface area contributed by atoms with Crippen molar-refractivity contribution in [1.29, 1.82) is 0 Å². The summed E-state index contributed by atoms with van der Waals surface area (Å²) in [7, 11) is 1.76. The number of hydrogen-bond donors (Lipinski definition) is 1. The van der Waals surface area contributed by atoms with E-state index in [1.54, 1.807) is 31.8 Å². The Balaban J connectivity index is 2.22. The number of piperazine rings is 1. The molecule has 1 aliphatic heterocycles. The zero-order valence-electron chi connectivity index (χ0n) is 10.1. The van der Waals surface area contributed by atoms with Crippen LogP contribution in [0.15, 0.2) is 6.20 Å². The second kappa shape index (κ2) is 3.83. The van der Waals surface area contributed by atoms with Crippen molar-refractivity contribution in [2.24, 2.45) is 7.05 Å². The lowest BCUT2D eigenvalue weighted by molar-refractivity contribution is -0.152. The first-order valence-corrected chi connectivity index (χ1v) is 5.35. The Bertz CT molecular complexity index is 465. The van der Waals surface area contributed by atoms with Crippen LogP contribution in [-0.2, 0) is 23.2 Å². The molecule has 1 aliphatic rings. The molecular weight excluding hydrogens is 222 g/mol. The number of nitrogens with zero attached hydrogens (tertiary/aromatic N) is 4. The SMILES string of the molecule is Cn1cc(CN2C(=O)CNC(=O)C2(C)C)nn1. The summed E-state index contributed by atoms with van der Waals surface area (Å²) in [5.41, 5.74) is -0.184. The number of rotatable bonds is 2. The lowest BCUT2D eigenvalue weighted by Crippen LogP contribution is -2.63. The summed E-state index contributed by atoms with van der Waals surface area (Å²) in [5, 5.41) is 10.3. The van der Waals surface area contributed by atoms with E-state index in [2.05, 4.69) is 15.6 Å². The molecule has 0 spiro atoms.